The lowest BCUT2D eigenvalue weighted by Gasteiger charge is -2.38. The molecule has 0 radical (unpaired) electrons. The van der Waals surface area contributed by atoms with Crippen molar-refractivity contribution in [1.29, 1.82) is 0 Å². The zero-order valence-corrected chi connectivity index (χ0v) is 18.0. The highest BCUT2D eigenvalue weighted by Gasteiger charge is 2.41. The van der Waals surface area contributed by atoms with Gasteiger partial charge in [-0.15, -0.1) is 22.7 Å². The van der Waals surface area contributed by atoms with Crippen LogP contribution in [0.25, 0.3) is 10.6 Å². The summed E-state index contributed by atoms with van der Waals surface area (Å²) in [4.78, 5) is 32.2. The van der Waals surface area contributed by atoms with Crippen LogP contribution in [0.5, 0.6) is 0 Å². The fraction of sp³-hybridized carbons (Fsp3) is 0.500. The van der Waals surface area contributed by atoms with Crippen LogP contribution in [0.2, 0.25) is 0 Å². The number of Topliss-reactive ketones (excluding diaryl/α,β-unsaturated/α-hetero) is 1. The number of ether oxygens (including phenoxy) is 1. The van der Waals surface area contributed by atoms with Crippen LogP contribution >= 0.6 is 22.7 Å². The van der Waals surface area contributed by atoms with Crippen molar-refractivity contribution >= 4 is 34.4 Å². The number of hydrogen-bond acceptors (Lipinski definition) is 6. The number of carbonyl (C=O) groups excluding carboxylic acids is 1. The highest BCUT2D eigenvalue weighted by atomic mass is 32.1. The lowest BCUT2D eigenvalue weighted by atomic mass is 9.65. The number of fused-ring (bicyclic) bond motifs is 3. The molecule has 0 amide bonds. The van der Waals surface area contributed by atoms with Crippen molar-refractivity contribution in [3.8, 4) is 10.6 Å². The maximum atomic E-state index is 13.4. The molecule has 152 valence electrons. The van der Waals surface area contributed by atoms with Crippen LogP contribution in [0.3, 0.4) is 0 Å². The quantitative estimate of drug-likeness (QED) is 0.754. The summed E-state index contributed by atoms with van der Waals surface area (Å²) < 4.78 is 5.64. The van der Waals surface area contributed by atoms with Gasteiger partial charge in [-0.2, -0.15) is 0 Å². The first kappa shape index (κ1) is 19.2. The van der Waals surface area contributed by atoms with Crippen molar-refractivity contribution in [3.63, 3.8) is 0 Å². The second-order valence-electron chi connectivity index (χ2n) is 8.18. The molecule has 2 aromatic heterocycles. The van der Waals surface area contributed by atoms with Crippen LogP contribution in [-0.4, -0.2) is 28.4 Å². The van der Waals surface area contributed by atoms with Crippen molar-refractivity contribution in [1.82, 2.24) is 4.98 Å². The Labute approximate surface area is 177 Å². The lowest BCUT2D eigenvalue weighted by Crippen LogP contribution is -2.34. The monoisotopic (exact) mass is 429 g/mol. The number of ketones is 1. The number of aliphatic carboxylic acids is 1. The zero-order chi connectivity index (χ0) is 20.1. The number of allylic oxidation sites excluding steroid dienone is 1. The minimum absolute atomic E-state index is 0.00848. The summed E-state index contributed by atoms with van der Waals surface area (Å²) >= 11 is 3.25. The van der Waals surface area contributed by atoms with E-state index < -0.39 is 5.97 Å². The van der Waals surface area contributed by atoms with E-state index in [1.807, 2.05) is 12.3 Å². The second kappa shape index (κ2) is 7.45. The van der Waals surface area contributed by atoms with Crippen LogP contribution < -0.4 is 0 Å². The van der Waals surface area contributed by atoms with E-state index in [1.54, 1.807) is 22.7 Å². The minimum Gasteiger partial charge on any atom is -0.478 e. The predicted molar refractivity (Wildman–Crippen MR) is 112 cm³/mol. The second-order valence-corrected chi connectivity index (χ2v) is 10.2. The predicted octanol–water partition coefficient (Wildman–Crippen LogP) is 4.57. The van der Waals surface area contributed by atoms with Gasteiger partial charge in [0, 0.05) is 44.0 Å². The Kier molecular flexibility index (Phi) is 4.92. The van der Waals surface area contributed by atoms with Gasteiger partial charge in [0.1, 0.15) is 5.01 Å². The molecule has 2 bridgehead atoms. The molecule has 3 heterocycles. The van der Waals surface area contributed by atoms with Crippen LogP contribution in [0, 0.1) is 18.8 Å². The number of thiazole rings is 1. The van der Waals surface area contributed by atoms with E-state index in [4.69, 9.17) is 9.72 Å². The van der Waals surface area contributed by atoms with Gasteiger partial charge < -0.3 is 9.84 Å². The third-order valence-corrected chi connectivity index (χ3v) is 8.59. The van der Waals surface area contributed by atoms with E-state index in [0.29, 0.717) is 24.4 Å². The molecule has 1 N–H and O–H groups in total. The first-order chi connectivity index (χ1) is 14.0. The van der Waals surface area contributed by atoms with Gasteiger partial charge in [-0.25, -0.2) is 9.78 Å². The topological polar surface area (TPSA) is 76.5 Å². The van der Waals surface area contributed by atoms with Crippen LogP contribution in [0.15, 0.2) is 16.5 Å². The van der Waals surface area contributed by atoms with Gasteiger partial charge in [0.25, 0.3) is 0 Å². The number of carbonyl (C=O) groups is 2. The first-order valence-corrected chi connectivity index (χ1v) is 11.9. The summed E-state index contributed by atoms with van der Waals surface area (Å²) in [5, 5.41) is 12.8. The van der Waals surface area contributed by atoms with E-state index in [0.717, 1.165) is 53.2 Å². The molecule has 3 aliphatic carbocycles. The average molecular weight is 430 g/mol. The average Bonchev–Trinajstić information content (AvgIpc) is 3.30. The van der Waals surface area contributed by atoms with E-state index in [-0.39, 0.29) is 24.0 Å². The van der Waals surface area contributed by atoms with Gasteiger partial charge in [0.15, 0.2) is 5.78 Å². The van der Waals surface area contributed by atoms with Gasteiger partial charge in [0.2, 0.25) is 0 Å². The Hall–Kier alpha value is -1.83. The standard InChI is InChI=1S/C22H23NO4S2/c1-11-10-28-21(23-11)20-14-6-7-27-9-17(14)29-16(20)8-15(24)18-12-2-4-13(5-3-12)19(18)22(25)26/h10,12-13H,2-9H2,1H3,(H,25,26). The number of hydrogen-bond donors (Lipinski definition) is 1. The number of rotatable bonds is 5. The maximum absolute atomic E-state index is 13.4. The van der Waals surface area contributed by atoms with Gasteiger partial charge in [-0.05, 0) is 56.4 Å². The Morgan fingerprint density at radius 3 is 2.59 bits per heavy atom. The third-order valence-electron chi connectivity index (χ3n) is 6.41. The summed E-state index contributed by atoms with van der Waals surface area (Å²) in [6, 6.07) is 0. The van der Waals surface area contributed by atoms with Crippen molar-refractivity contribution in [2.45, 2.75) is 52.1 Å². The Morgan fingerprint density at radius 1 is 1.21 bits per heavy atom. The van der Waals surface area contributed by atoms with Crippen molar-refractivity contribution < 1.29 is 19.4 Å². The number of carboxylic acids is 1. The molecule has 0 aromatic carbocycles. The lowest BCUT2D eigenvalue weighted by molar-refractivity contribution is -0.134. The molecule has 0 atom stereocenters. The molecule has 0 saturated heterocycles. The molecule has 0 unspecified atom stereocenters. The summed E-state index contributed by atoms with van der Waals surface area (Å²) in [5.41, 5.74) is 4.33. The first-order valence-electron chi connectivity index (χ1n) is 10.2. The molecule has 6 rings (SSSR count). The van der Waals surface area contributed by atoms with Gasteiger partial charge in [-0.3, -0.25) is 4.79 Å². The minimum atomic E-state index is -0.905. The van der Waals surface area contributed by atoms with Crippen molar-refractivity contribution in [2.24, 2.45) is 11.8 Å². The normalized spacial score (nSPS) is 23.3. The largest absolute Gasteiger partial charge is 0.478 e. The molecule has 0 spiro atoms. The summed E-state index contributed by atoms with van der Waals surface area (Å²) in [6.45, 7) is 3.25. The number of nitrogens with zero attached hydrogens (tertiary/aromatic N) is 1. The zero-order valence-electron chi connectivity index (χ0n) is 16.3. The molecule has 4 aliphatic rings. The molecular formula is C22H23NO4S2. The molecular weight excluding hydrogens is 406 g/mol. The van der Waals surface area contributed by atoms with Crippen molar-refractivity contribution in [2.75, 3.05) is 6.61 Å². The number of thiophene rings is 1. The highest BCUT2D eigenvalue weighted by molar-refractivity contribution is 7.15. The van der Waals surface area contributed by atoms with Gasteiger partial charge in [-0.1, -0.05) is 0 Å². The molecule has 2 aromatic rings. The van der Waals surface area contributed by atoms with E-state index in [2.05, 4.69) is 0 Å². The maximum Gasteiger partial charge on any atom is 0.332 e. The molecule has 1 fully saturated rings. The van der Waals surface area contributed by atoms with Crippen molar-refractivity contribution in [3.05, 3.63) is 37.5 Å². The molecule has 5 nitrogen and oxygen atoms in total. The van der Waals surface area contributed by atoms with E-state index in [1.165, 1.54) is 10.4 Å². The highest BCUT2D eigenvalue weighted by Crippen LogP contribution is 2.47. The third kappa shape index (κ3) is 3.29. The van der Waals surface area contributed by atoms with Crippen LogP contribution in [0.1, 0.15) is 46.7 Å². The smallest absolute Gasteiger partial charge is 0.332 e. The molecule has 1 saturated carbocycles. The summed E-state index contributed by atoms with van der Waals surface area (Å²) in [6.07, 6.45) is 4.78. The number of aromatic nitrogens is 1. The number of aryl methyl sites for hydroxylation is 1. The SMILES string of the molecule is Cc1csc(-c2c(CC(=O)C3=C(C(=O)O)C4CCC3CC4)sc3c2CCOC3)n1. The number of carboxylic acid groups (broad SMARTS) is 1. The Bertz CT molecular complexity index is 1020. The Balaban J connectivity index is 1.55. The Morgan fingerprint density at radius 2 is 1.93 bits per heavy atom. The fourth-order valence-corrected chi connectivity index (χ4v) is 7.40. The molecule has 7 heteroatoms. The molecule has 1 aliphatic heterocycles. The van der Waals surface area contributed by atoms with Gasteiger partial charge >= 0.3 is 5.97 Å². The van der Waals surface area contributed by atoms with E-state index in [9.17, 15) is 14.7 Å². The van der Waals surface area contributed by atoms with Crippen LogP contribution in [0.4, 0.5) is 0 Å². The van der Waals surface area contributed by atoms with Crippen LogP contribution in [-0.2, 0) is 33.8 Å². The fourth-order valence-electron chi connectivity index (χ4n) is 5.15. The summed E-state index contributed by atoms with van der Waals surface area (Å²) in [5.74, 6) is -0.757. The van der Waals surface area contributed by atoms with E-state index >= 15 is 0 Å². The summed E-state index contributed by atoms with van der Waals surface area (Å²) in [7, 11) is 0. The molecule has 29 heavy (non-hydrogen) atoms. The van der Waals surface area contributed by atoms with Gasteiger partial charge in [0.05, 0.1) is 13.2 Å².